The minimum Gasteiger partial charge on any atom is -0.477 e. The van der Waals surface area contributed by atoms with E-state index in [-0.39, 0.29) is 9.77 Å². The number of nitrogens with one attached hydrogen (secondary N) is 1. The summed E-state index contributed by atoms with van der Waals surface area (Å²) in [5.41, 5.74) is 0.964. The van der Waals surface area contributed by atoms with E-state index in [0.29, 0.717) is 10.0 Å². The number of anilines is 1. The van der Waals surface area contributed by atoms with Gasteiger partial charge in [0.2, 0.25) is 0 Å². The van der Waals surface area contributed by atoms with Crippen LogP contribution < -0.4 is 4.72 Å². The second-order valence-corrected chi connectivity index (χ2v) is 8.67. The highest BCUT2D eigenvalue weighted by molar-refractivity contribution is 7.93. The van der Waals surface area contributed by atoms with E-state index in [1.807, 2.05) is 0 Å². The Morgan fingerprint density at radius 3 is 2.76 bits per heavy atom. The first-order chi connectivity index (χ1) is 9.87. The van der Waals surface area contributed by atoms with Crippen LogP contribution in [0.3, 0.4) is 0 Å². The van der Waals surface area contributed by atoms with Crippen LogP contribution in [0.25, 0.3) is 0 Å². The van der Waals surface area contributed by atoms with E-state index in [9.17, 15) is 13.2 Å². The maximum Gasteiger partial charge on any atom is 0.345 e. The number of fused-ring (bicyclic) bond motifs is 1. The van der Waals surface area contributed by atoms with E-state index < -0.39 is 16.0 Å². The summed E-state index contributed by atoms with van der Waals surface area (Å²) in [6.45, 7) is 1.59. The summed E-state index contributed by atoms with van der Waals surface area (Å²) >= 11 is 2.30. The highest BCUT2D eigenvalue weighted by Gasteiger charge is 2.25. The molecule has 0 spiro atoms. The maximum atomic E-state index is 12.4. The summed E-state index contributed by atoms with van der Waals surface area (Å²) in [6, 6.07) is 1.19. The van der Waals surface area contributed by atoms with Crippen molar-refractivity contribution in [2.45, 2.75) is 31.1 Å². The first-order valence-electron chi connectivity index (χ1n) is 6.22. The first kappa shape index (κ1) is 14.5. The molecule has 0 bridgehead atoms. The third-order valence-electron chi connectivity index (χ3n) is 3.19. The second kappa shape index (κ2) is 5.08. The zero-order valence-corrected chi connectivity index (χ0v) is 13.5. The molecule has 3 rings (SSSR count). The lowest BCUT2D eigenvalue weighted by molar-refractivity contribution is 0.0702. The highest BCUT2D eigenvalue weighted by atomic mass is 32.2. The van der Waals surface area contributed by atoms with E-state index in [4.69, 9.17) is 5.11 Å². The smallest absolute Gasteiger partial charge is 0.345 e. The average molecular weight is 344 g/mol. The molecule has 0 radical (unpaired) electrons. The Morgan fingerprint density at radius 1 is 1.38 bits per heavy atom. The fraction of sp³-hybridized carbons (Fsp3) is 0.333. The predicted octanol–water partition coefficient (Wildman–Crippen LogP) is 2.50. The van der Waals surface area contributed by atoms with Crippen LogP contribution in [0.1, 0.15) is 31.5 Å². The molecular formula is C12H12N2O4S3. The van der Waals surface area contributed by atoms with Crippen LogP contribution in [0.15, 0.2) is 11.0 Å². The number of nitrogens with zero attached hydrogens (tertiary/aromatic N) is 1. The molecule has 2 aromatic rings. The van der Waals surface area contributed by atoms with E-state index in [2.05, 4.69) is 9.71 Å². The van der Waals surface area contributed by atoms with Gasteiger partial charge in [-0.3, -0.25) is 4.72 Å². The zero-order chi connectivity index (χ0) is 15.2. The number of hydrogen-bond donors (Lipinski definition) is 2. The van der Waals surface area contributed by atoms with Gasteiger partial charge in [-0.25, -0.2) is 18.2 Å². The molecule has 0 aliphatic heterocycles. The highest BCUT2D eigenvalue weighted by Crippen LogP contribution is 2.33. The van der Waals surface area contributed by atoms with Crippen molar-refractivity contribution < 1.29 is 18.3 Å². The Kier molecular flexibility index (Phi) is 3.50. The minimum absolute atomic E-state index is 0.000240. The van der Waals surface area contributed by atoms with E-state index in [0.717, 1.165) is 41.2 Å². The van der Waals surface area contributed by atoms with Crippen molar-refractivity contribution in [3.63, 3.8) is 0 Å². The van der Waals surface area contributed by atoms with Gasteiger partial charge >= 0.3 is 5.97 Å². The van der Waals surface area contributed by atoms with Gasteiger partial charge in [0, 0.05) is 9.75 Å². The molecule has 0 atom stereocenters. The summed E-state index contributed by atoms with van der Waals surface area (Å²) in [7, 11) is -3.80. The normalized spacial score (nSPS) is 14.1. The first-order valence-corrected chi connectivity index (χ1v) is 9.33. The minimum atomic E-state index is -3.80. The molecule has 1 aliphatic carbocycles. The number of aromatic carboxylic acids is 1. The molecule has 2 aromatic heterocycles. The van der Waals surface area contributed by atoms with Gasteiger partial charge in [-0.05, 0) is 32.3 Å². The van der Waals surface area contributed by atoms with Crippen LogP contribution in [0.4, 0.5) is 5.13 Å². The topological polar surface area (TPSA) is 96.4 Å². The molecule has 2 N–H and O–H groups in total. The standard InChI is InChI=1S/C12H12N2O4S3/c1-6-10(5-9(19-6)11(15)16)21(17,18)14-12-13-7-3-2-4-8(7)20-12/h5H,2-4H2,1H3,(H,13,14)(H,15,16). The molecule has 6 nitrogen and oxygen atoms in total. The number of carboxylic acids is 1. The largest absolute Gasteiger partial charge is 0.477 e. The number of carboxylic acid groups (broad SMARTS) is 1. The molecule has 9 heteroatoms. The molecule has 0 saturated heterocycles. The number of thiazole rings is 1. The van der Waals surface area contributed by atoms with Gasteiger partial charge in [0.25, 0.3) is 10.0 Å². The molecule has 0 aromatic carbocycles. The van der Waals surface area contributed by atoms with Crippen LogP contribution in [-0.2, 0) is 22.9 Å². The fourth-order valence-electron chi connectivity index (χ4n) is 2.24. The van der Waals surface area contributed by atoms with Gasteiger partial charge in [-0.1, -0.05) is 0 Å². The number of carbonyl (C=O) groups is 1. The number of hydrogen-bond acceptors (Lipinski definition) is 6. The van der Waals surface area contributed by atoms with Gasteiger partial charge in [-0.2, -0.15) is 0 Å². The summed E-state index contributed by atoms with van der Waals surface area (Å²) in [5.74, 6) is -1.13. The van der Waals surface area contributed by atoms with Gasteiger partial charge in [0.1, 0.15) is 9.77 Å². The van der Waals surface area contributed by atoms with Crippen LogP contribution in [0.5, 0.6) is 0 Å². The van der Waals surface area contributed by atoms with Gasteiger partial charge in [-0.15, -0.1) is 22.7 Å². The fourth-order valence-corrected chi connectivity index (χ4v) is 5.96. The summed E-state index contributed by atoms with van der Waals surface area (Å²) in [6.07, 6.45) is 2.89. The molecular weight excluding hydrogens is 332 g/mol. The second-order valence-electron chi connectivity index (χ2n) is 4.68. The molecule has 112 valence electrons. The van der Waals surface area contributed by atoms with Gasteiger partial charge in [0.15, 0.2) is 5.13 Å². The van der Waals surface area contributed by atoms with Crippen molar-refractivity contribution in [2.75, 3.05) is 4.72 Å². The van der Waals surface area contributed by atoms with Crippen LogP contribution in [0, 0.1) is 6.92 Å². The van der Waals surface area contributed by atoms with Crippen molar-refractivity contribution in [3.8, 4) is 0 Å². The lowest BCUT2D eigenvalue weighted by Crippen LogP contribution is -2.13. The van der Waals surface area contributed by atoms with Crippen LogP contribution in [0.2, 0.25) is 0 Å². The Hall–Kier alpha value is -1.45. The molecule has 0 amide bonds. The Balaban J connectivity index is 1.91. The van der Waals surface area contributed by atoms with Gasteiger partial charge < -0.3 is 5.11 Å². The molecule has 1 aliphatic rings. The third kappa shape index (κ3) is 2.68. The maximum absolute atomic E-state index is 12.4. The van der Waals surface area contributed by atoms with Crippen molar-refractivity contribution in [3.05, 3.63) is 26.4 Å². The van der Waals surface area contributed by atoms with Crippen molar-refractivity contribution >= 4 is 43.8 Å². The summed E-state index contributed by atoms with van der Waals surface area (Å²) < 4.78 is 27.2. The Morgan fingerprint density at radius 2 is 2.14 bits per heavy atom. The quantitative estimate of drug-likeness (QED) is 0.888. The number of rotatable bonds is 4. The molecule has 0 fully saturated rings. The Bertz CT molecular complexity index is 798. The number of aromatic nitrogens is 1. The summed E-state index contributed by atoms with van der Waals surface area (Å²) in [4.78, 5) is 16.8. The number of aryl methyl sites for hydroxylation is 3. The molecule has 0 saturated carbocycles. The van der Waals surface area contributed by atoms with Crippen LogP contribution >= 0.6 is 22.7 Å². The Labute approximate surface area is 129 Å². The molecule has 21 heavy (non-hydrogen) atoms. The van der Waals surface area contributed by atoms with E-state index in [1.165, 1.54) is 17.4 Å². The molecule has 0 unspecified atom stereocenters. The average Bonchev–Trinajstić information content (AvgIpc) is 3.02. The number of sulfonamides is 1. The van der Waals surface area contributed by atoms with Crippen molar-refractivity contribution in [1.82, 2.24) is 4.98 Å². The van der Waals surface area contributed by atoms with Crippen molar-refractivity contribution in [2.24, 2.45) is 0 Å². The van der Waals surface area contributed by atoms with E-state index in [1.54, 1.807) is 6.92 Å². The third-order valence-corrected chi connectivity index (χ3v) is 7.02. The van der Waals surface area contributed by atoms with Crippen molar-refractivity contribution in [1.29, 1.82) is 0 Å². The lowest BCUT2D eigenvalue weighted by Gasteiger charge is -2.04. The SMILES string of the molecule is Cc1sc(C(=O)O)cc1S(=O)(=O)Nc1nc2c(s1)CCC2. The van der Waals surface area contributed by atoms with E-state index >= 15 is 0 Å². The zero-order valence-electron chi connectivity index (χ0n) is 11.0. The predicted molar refractivity (Wildman–Crippen MR) is 81.0 cm³/mol. The number of thiophene rings is 1. The lowest BCUT2D eigenvalue weighted by atomic mass is 10.4. The monoisotopic (exact) mass is 344 g/mol. The summed E-state index contributed by atoms with van der Waals surface area (Å²) in [5, 5.41) is 9.29. The van der Waals surface area contributed by atoms with Gasteiger partial charge in [0.05, 0.1) is 5.69 Å². The van der Waals surface area contributed by atoms with Crippen LogP contribution in [-0.4, -0.2) is 24.5 Å². The molecule has 2 heterocycles.